The van der Waals surface area contributed by atoms with Crippen molar-refractivity contribution in [1.29, 1.82) is 0 Å². The Morgan fingerprint density at radius 2 is 1.68 bits per heavy atom. The molecule has 8 nitrogen and oxygen atoms in total. The number of methoxy groups -OCH3 is 2. The van der Waals surface area contributed by atoms with Gasteiger partial charge in [0.05, 0.1) is 14.2 Å². The first-order valence-corrected chi connectivity index (χ1v) is 9.43. The molecule has 1 aromatic heterocycles. The molecule has 2 aromatic carbocycles. The fraction of sp³-hybridized carbons (Fsp3) is 0.174. The maximum Gasteiger partial charge on any atom is 0.344 e. The summed E-state index contributed by atoms with van der Waals surface area (Å²) in [4.78, 5) is 29.3. The first kappa shape index (κ1) is 21.6. The number of esters is 1. The predicted molar refractivity (Wildman–Crippen MR) is 114 cm³/mol. The van der Waals surface area contributed by atoms with Crippen molar-refractivity contribution in [2.24, 2.45) is 0 Å². The molecular weight excluding hydrogens is 400 g/mol. The molecule has 1 heterocycles. The second-order valence-electron chi connectivity index (χ2n) is 6.38. The highest BCUT2D eigenvalue weighted by molar-refractivity contribution is 5.98. The van der Waals surface area contributed by atoms with Gasteiger partial charge in [-0.05, 0) is 43.3 Å². The number of amides is 1. The van der Waals surface area contributed by atoms with Crippen LogP contribution in [0.1, 0.15) is 17.3 Å². The number of carbonyl (C=O) groups is 2. The van der Waals surface area contributed by atoms with Crippen LogP contribution in [0.5, 0.6) is 23.1 Å². The number of pyridine rings is 1. The van der Waals surface area contributed by atoms with Crippen molar-refractivity contribution in [3.05, 3.63) is 72.4 Å². The molecule has 0 spiro atoms. The van der Waals surface area contributed by atoms with E-state index in [1.807, 2.05) is 6.07 Å². The second-order valence-corrected chi connectivity index (χ2v) is 6.38. The van der Waals surface area contributed by atoms with E-state index in [-0.39, 0.29) is 11.4 Å². The number of para-hydroxylation sites is 1. The molecule has 0 aliphatic carbocycles. The average molecular weight is 422 g/mol. The third-order valence-electron chi connectivity index (χ3n) is 4.25. The molecule has 0 saturated carbocycles. The zero-order valence-corrected chi connectivity index (χ0v) is 17.3. The highest BCUT2D eigenvalue weighted by atomic mass is 16.6. The molecule has 31 heavy (non-hydrogen) atoms. The van der Waals surface area contributed by atoms with Crippen LogP contribution in [0.3, 0.4) is 0 Å². The van der Waals surface area contributed by atoms with E-state index in [0.717, 1.165) is 0 Å². The van der Waals surface area contributed by atoms with Gasteiger partial charge in [0, 0.05) is 18.0 Å². The van der Waals surface area contributed by atoms with Crippen LogP contribution in [0.4, 0.5) is 5.69 Å². The number of carbonyl (C=O) groups excluding carboxylic acids is 2. The Bertz CT molecular complexity index is 1050. The Kier molecular flexibility index (Phi) is 7.05. The van der Waals surface area contributed by atoms with Gasteiger partial charge in [-0.1, -0.05) is 18.2 Å². The maximum atomic E-state index is 12.6. The molecule has 0 bridgehead atoms. The Labute approximate surface area is 179 Å². The molecule has 0 saturated heterocycles. The van der Waals surface area contributed by atoms with Gasteiger partial charge in [0.25, 0.3) is 5.91 Å². The van der Waals surface area contributed by atoms with Crippen molar-refractivity contribution in [1.82, 2.24) is 4.98 Å². The lowest BCUT2D eigenvalue weighted by atomic mass is 10.2. The van der Waals surface area contributed by atoms with Gasteiger partial charge >= 0.3 is 5.97 Å². The van der Waals surface area contributed by atoms with Crippen LogP contribution in [0.25, 0.3) is 0 Å². The summed E-state index contributed by atoms with van der Waals surface area (Å²) in [5.41, 5.74) is 0.581. The molecule has 0 radical (unpaired) electrons. The zero-order chi connectivity index (χ0) is 22.2. The van der Waals surface area contributed by atoms with E-state index in [9.17, 15) is 9.59 Å². The maximum absolute atomic E-state index is 12.6. The van der Waals surface area contributed by atoms with Crippen LogP contribution in [0.15, 0.2) is 66.9 Å². The largest absolute Gasteiger partial charge is 0.493 e. The Morgan fingerprint density at radius 1 is 0.935 bits per heavy atom. The summed E-state index contributed by atoms with van der Waals surface area (Å²) in [6, 6.07) is 17.0. The van der Waals surface area contributed by atoms with E-state index in [0.29, 0.717) is 22.9 Å². The fourth-order valence-electron chi connectivity index (χ4n) is 2.66. The first-order valence-electron chi connectivity index (χ1n) is 9.43. The molecule has 3 aromatic rings. The minimum Gasteiger partial charge on any atom is -0.493 e. The van der Waals surface area contributed by atoms with E-state index in [1.54, 1.807) is 48.5 Å². The number of rotatable bonds is 8. The van der Waals surface area contributed by atoms with Crippen LogP contribution in [0.2, 0.25) is 0 Å². The van der Waals surface area contributed by atoms with Crippen molar-refractivity contribution < 1.29 is 28.5 Å². The molecule has 1 N–H and O–H groups in total. The summed E-state index contributed by atoms with van der Waals surface area (Å²) >= 11 is 0. The van der Waals surface area contributed by atoms with Gasteiger partial charge in [-0.15, -0.1) is 0 Å². The molecule has 0 fully saturated rings. The first-order chi connectivity index (χ1) is 15.0. The van der Waals surface area contributed by atoms with E-state index in [2.05, 4.69) is 10.3 Å². The molecule has 1 amide bonds. The van der Waals surface area contributed by atoms with Crippen LogP contribution in [-0.4, -0.2) is 37.2 Å². The quantitative estimate of drug-likeness (QED) is 0.547. The van der Waals surface area contributed by atoms with Crippen molar-refractivity contribution in [3.8, 4) is 23.1 Å². The SMILES string of the molecule is COc1ccc(NC(=O)[C@H](C)OC(=O)c2cccnc2Oc2ccccc2)cc1OC. The monoisotopic (exact) mass is 422 g/mol. The summed E-state index contributed by atoms with van der Waals surface area (Å²) < 4.78 is 21.4. The number of aromatic nitrogens is 1. The summed E-state index contributed by atoms with van der Waals surface area (Å²) in [5.74, 6) is 0.371. The molecule has 160 valence electrons. The number of ether oxygens (including phenoxy) is 4. The normalized spacial score (nSPS) is 11.2. The van der Waals surface area contributed by atoms with Gasteiger partial charge in [-0.2, -0.15) is 0 Å². The van der Waals surface area contributed by atoms with Crippen molar-refractivity contribution in [3.63, 3.8) is 0 Å². The molecule has 0 aliphatic heterocycles. The van der Waals surface area contributed by atoms with Crippen LogP contribution in [-0.2, 0) is 9.53 Å². The van der Waals surface area contributed by atoms with Gasteiger partial charge in [0.1, 0.15) is 11.3 Å². The van der Waals surface area contributed by atoms with E-state index < -0.39 is 18.0 Å². The molecule has 8 heteroatoms. The van der Waals surface area contributed by atoms with E-state index in [1.165, 1.54) is 33.4 Å². The van der Waals surface area contributed by atoms with Gasteiger partial charge in [-0.3, -0.25) is 4.79 Å². The minimum absolute atomic E-state index is 0.0891. The standard InChI is InChI=1S/C23H22N2O6/c1-15(21(26)25-16-11-12-19(28-2)20(14-16)29-3)30-23(27)18-10-7-13-24-22(18)31-17-8-5-4-6-9-17/h4-15H,1-3H3,(H,25,26)/t15-/m0/s1. The lowest BCUT2D eigenvalue weighted by molar-refractivity contribution is -0.123. The summed E-state index contributed by atoms with van der Waals surface area (Å²) in [6.45, 7) is 1.47. The number of hydrogen-bond acceptors (Lipinski definition) is 7. The van der Waals surface area contributed by atoms with E-state index >= 15 is 0 Å². The number of nitrogens with one attached hydrogen (secondary N) is 1. The van der Waals surface area contributed by atoms with Crippen molar-refractivity contribution >= 4 is 17.6 Å². The predicted octanol–water partition coefficient (Wildman–Crippen LogP) is 4.08. The molecule has 0 aliphatic rings. The van der Waals surface area contributed by atoms with Gasteiger partial charge < -0.3 is 24.3 Å². The number of nitrogens with zero attached hydrogens (tertiary/aromatic N) is 1. The third-order valence-corrected chi connectivity index (χ3v) is 4.25. The van der Waals surface area contributed by atoms with Crippen LogP contribution in [0, 0.1) is 0 Å². The molecule has 0 unspecified atom stereocenters. The number of benzene rings is 2. The Hall–Kier alpha value is -4.07. The molecule has 1 atom stereocenters. The zero-order valence-electron chi connectivity index (χ0n) is 17.3. The van der Waals surface area contributed by atoms with Crippen molar-refractivity contribution in [2.75, 3.05) is 19.5 Å². The second kappa shape index (κ2) is 10.1. The summed E-state index contributed by atoms with van der Waals surface area (Å²) in [7, 11) is 3.02. The van der Waals surface area contributed by atoms with Crippen LogP contribution >= 0.6 is 0 Å². The Morgan fingerprint density at radius 3 is 2.39 bits per heavy atom. The number of hydrogen-bond donors (Lipinski definition) is 1. The highest BCUT2D eigenvalue weighted by Gasteiger charge is 2.23. The fourth-order valence-corrected chi connectivity index (χ4v) is 2.66. The van der Waals surface area contributed by atoms with Gasteiger partial charge in [-0.25, -0.2) is 9.78 Å². The Balaban J connectivity index is 1.67. The average Bonchev–Trinajstić information content (AvgIpc) is 2.79. The minimum atomic E-state index is -1.06. The lowest BCUT2D eigenvalue weighted by Gasteiger charge is -2.15. The topological polar surface area (TPSA) is 96.0 Å². The highest BCUT2D eigenvalue weighted by Crippen LogP contribution is 2.30. The van der Waals surface area contributed by atoms with Gasteiger partial charge in [0.2, 0.25) is 5.88 Å². The smallest absolute Gasteiger partial charge is 0.344 e. The summed E-state index contributed by atoms with van der Waals surface area (Å²) in [5, 5.41) is 2.68. The van der Waals surface area contributed by atoms with Crippen molar-refractivity contribution in [2.45, 2.75) is 13.0 Å². The molecule has 3 rings (SSSR count). The lowest BCUT2D eigenvalue weighted by Crippen LogP contribution is -2.30. The number of anilines is 1. The van der Waals surface area contributed by atoms with Crippen LogP contribution < -0.4 is 19.5 Å². The molecular formula is C23H22N2O6. The third kappa shape index (κ3) is 5.51. The van der Waals surface area contributed by atoms with E-state index in [4.69, 9.17) is 18.9 Å². The summed E-state index contributed by atoms with van der Waals surface area (Å²) in [6.07, 6.45) is 0.438. The van der Waals surface area contributed by atoms with Gasteiger partial charge in [0.15, 0.2) is 17.6 Å².